The summed E-state index contributed by atoms with van der Waals surface area (Å²) in [4.78, 5) is 17.2. The van der Waals surface area contributed by atoms with Crippen LogP contribution in [0.5, 0.6) is 0 Å². The maximum absolute atomic E-state index is 12.8. The maximum atomic E-state index is 12.8. The van der Waals surface area contributed by atoms with Crippen molar-refractivity contribution in [2.45, 2.75) is 45.1 Å². The summed E-state index contributed by atoms with van der Waals surface area (Å²) in [6.45, 7) is 4.32. The van der Waals surface area contributed by atoms with Crippen molar-refractivity contribution in [3.63, 3.8) is 0 Å². The van der Waals surface area contributed by atoms with Crippen LogP contribution in [0.25, 0.3) is 11.4 Å². The van der Waals surface area contributed by atoms with Crippen molar-refractivity contribution in [1.82, 2.24) is 15.5 Å². The van der Waals surface area contributed by atoms with E-state index in [1.807, 2.05) is 60.7 Å². The first kappa shape index (κ1) is 22.5. The van der Waals surface area contributed by atoms with Gasteiger partial charge in [0.05, 0.1) is 6.04 Å². The van der Waals surface area contributed by atoms with Crippen LogP contribution in [-0.2, 0) is 17.6 Å². The van der Waals surface area contributed by atoms with E-state index >= 15 is 0 Å². The highest BCUT2D eigenvalue weighted by Crippen LogP contribution is 2.21. The van der Waals surface area contributed by atoms with Crippen LogP contribution in [0.4, 0.5) is 0 Å². The number of aryl methyl sites for hydroxylation is 1. The molecule has 1 heterocycles. The lowest BCUT2D eigenvalue weighted by molar-refractivity contribution is -0.121. The fraction of sp³-hybridized carbons (Fsp3) is 0.250. The Morgan fingerprint density at radius 3 is 2.21 bits per heavy atom. The van der Waals surface area contributed by atoms with Crippen molar-refractivity contribution in [3.05, 3.63) is 108 Å². The smallest absolute Gasteiger partial charge is 0.227 e. The fourth-order valence-corrected chi connectivity index (χ4v) is 3.77. The van der Waals surface area contributed by atoms with Gasteiger partial charge in [-0.25, -0.2) is 0 Å². The van der Waals surface area contributed by atoms with Crippen molar-refractivity contribution < 1.29 is 9.32 Å². The number of carbonyl (C=O) groups excluding carboxylic acids is 1. The van der Waals surface area contributed by atoms with Gasteiger partial charge in [-0.15, -0.1) is 0 Å². The zero-order valence-electron chi connectivity index (χ0n) is 19.1. The standard InChI is InChI=1S/C28H29N3O2/c1-20(2)22-13-15-24(16-14-22)28-30-27(33-31-28)18-17-26(32)29-25(23-11-7-4-8-12-23)19-21-9-5-3-6-10-21/h3-16,20,25H,17-19H2,1-2H3,(H,29,32). The number of nitrogens with zero attached hydrogens (tertiary/aromatic N) is 2. The van der Waals surface area contributed by atoms with E-state index in [-0.39, 0.29) is 18.4 Å². The quantitative estimate of drug-likeness (QED) is 0.353. The van der Waals surface area contributed by atoms with Gasteiger partial charge in [-0.05, 0) is 29.0 Å². The molecule has 0 aliphatic carbocycles. The van der Waals surface area contributed by atoms with Gasteiger partial charge in [0.25, 0.3) is 0 Å². The molecule has 0 saturated heterocycles. The molecule has 0 saturated carbocycles. The summed E-state index contributed by atoms with van der Waals surface area (Å²) >= 11 is 0. The Hall–Kier alpha value is -3.73. The third-order valence-electron chi connectivity index (χ3n) is 5.69. The van der Waals surface area contributed by atoms with Gasteiger partial charge in [0.1, 0.15) is 0 Å². The van der Waals surface area contributed by atoms with Crippen molar-refractivity contribution >= 4 is 5.91 Å². The highest BCUT2D eigenvalue weighted by molar-refractivity contribution is 5.76. The first-order chi connectivity index (χ1) is 16.1. The first-order valence-electron chi connectivity index (χ1n) is 11.4. The first-order valence-corrected chi connectivity index (χ1v) is 11.4. The number of benzene rings is 3. The van der Waals surface area contributed by atoms with Gasteiger partial charge in [-0.2, -0.15) is 4.98 Å². The van der Waals surface area contributed by atoms with E-state index in [1.54, 1.807) is 0 Å². The van der Waals surface area contributed by atoms with Crippen molar-refractivity contribution in [2.24, 2.45) is 0 Å². The Balaban J connectivity index is 1.37. The zero-order valence-corrected chi connectivity index (χ0v) is 19.1. The van der Waals surface area contributed by atoms with Gasteiger partial charge in [0, 0.05) is 18.4 Å². The lowest BCUT2D eigenvalue weighted by Crippen LogP contribution is -2.30. The third-order valence-corrected chi connectivity index (χ3v) is 5.69. The minimum atomic E-state index is -0.0983. The molecular formula is C28H29N3O2. The molecule has 1 atom stereocenters. The number of rotatable bonds is 9. The second kappa shape index (κ2) is 10.7. The molecule has 0 fully saturated rings. The van der Waals surface area contributed by atoms with Gasteiger partial charge < -0.3 is 9.84 Å². The van der Waals surface area contributed by atoms with Gasteiger partial charge in [0.15, 0.2) is 0 Å². The molecule has 0 radical (unpaired) electrons. The Kier molecular flexibility index (Phi) is 7.30. The molecule has 0 bridgehead atoms. The number of hydrogen-bond acceptors (Lipinski definition) is 4. The Bertz CT molecular complexity index is 1150. The van der Waals surface area contributed by atoms with Crippen LogP contribution in [0.1, 0.15) is 54.8 Å². The SMILES string of the molecule is CC(C)c1ccc(-c2noc(CCC(=O)NC(Cc3ccccc3)c3ccccc3)n2)cc1. The van der Waals surface area contributed by atoms with E-state index in [0.717, 1.165) is 17.5 Å². The molecule has 0 aliphatic rings. The molecule has 4 aromatic rings. The Labute approximate surface area is 194 Å². The van der Waals surface area contributed by atoms with Crippen LogP contribution >= 0.6 is 0 Å². The summed E-state index contributed by atoms with van der Waals surface area (Å²) < 4.78 is 5.39. The zero-order chi connectivity index (χ0) is 23.0. The highest BCUT2D eigenvalue weighted by atomic mass is 16.5. The molecule has 0 spiro atoms. The molecule has 3 aromatic carbocycles. The van der Waals surface area contributed by atoms with E-state index in [1.165, 1.54) is 11.1 Å². The minimum Gasteiger partial charge on any atom is -0.349 e. The van der Waals surface area contributed by atoms with Gasteiger partial charge in [-0.1, -0.05) is 104 Å². The topological polar surface area (TPSA) is 68.0 Å². The van der Waals surface area contributed by atoms with Crippen LogP contribution in [0.15, 0.2) is 89.5 Å². The molecular weight excluding hydrogens is 410 g/mol. The van der Waals surface area contributed by atoms with E-state index in [2.05, 4.69) is 53.6 Å². The predicted molar refractivity (Wildman–Crippen MR) is 130 cm³/mol. The van der Waals surface area contributed by atoms with Crippen molar-refractivity contribution in [1.29, 1.82) is 0 Å². The van der Waals surface area contributed by atoms with E-state index in [0.29, 0.717) is 24.1 Å². The minimum absolute atomic E-state index is 0.0409. The normalized spacial score (nSPS) is 12.0. The molecule has 0 aliphatic heterocycles. The molecule has 5 heteroatoms. The number of nitrogens with one attached hydrogen (secondary N) is 1. The molecule has 33 heavy (non-hydrogen) atoms. The fourth-order valence-electron chi connectivity index (χ4n) is 3.77. The summed E-state index contributed by atoms with van der Waals surface area (Å²) in [5.74, 6) is 1.44. The summed E-state index contributed by atoms with van der Waals surface area (Å²) in [7, 11) is 0. The van der Waals surface area contributed by atoms with Crippen LogP contribution < -0.4 is 5.32 Å². The van der Waals surface area contributed by atoms with Crippen molar-refractivity contribution in [3.8, 4) is 11.4 Å². The van der Waals surface area contributed by atoms with E-state index < -0.39 is 0 Å². The molecule has 1 N–H and O–H groups in total. The van der Waals surface area contributed by atoms with E-state index in [4.69, 9.17) is 4.52 Å². The Morgan fingerprint density at radius 1 is 0.879 bits per heavy atom. The van der Waals surface area contributed by atoms with Crippen LogP contribution in [0.3, 0.4) is 0 Å². The van der Waals surface area contributed by atoms with Gasteiger partial charge in [0.2, 0.25) is 17.6 Å². The van der Waals surface area contributed by atoms with E-state index in [9.17, 15) is 4.79 Å². The number of amides is 1. The Morgan fingerprint density at radius 2 is 1.55 bits per heavy atom. The van der Waals surface area contributed by atoms with Crippen molar-refractivity contribution in [2.75, 3.05) is 0 Å². The summed E-state index contributed by atoms with van der Waals surface area (Å²) in [6.07, 6.45) is 1.41. The highest BCUT2D eigenvalue weighted by Gasteiger charge is 2.17. The monoisotopic (exact) mass is 439 g/mol. The maximum Gasteiger partial charge on any atom is 0.227 e. The number of carbonyl (C=O) groups is 1. The predicted octanol–water partition coefficient (Wildman–Crippen LogP) is 5.89. The summed E-state index contributed by atoms with van der Waals surface area (Å²) in [6, 6.07) is 28.3. The average Bonchev–Trinajstić information content (AvgIpc) is 3.33. The number of hydrogen-bond donors (Lipinski definition) is 1. The third kappa shape index (κ3) is 6.16. The molecule has 1 unspecified atom stereocenters. The van der Waals surface area contributed by atoms with Gasteiger partial charge >= 0.3 is 0 Å². The van der Waals surface area contributed by atoms with Gasteiger partial charge in [-0.3, -0.25) is 4.79 Å². The second-order valence-corrected chi connectivity index (χ2v) is 8.51. The molecule has 168 valence electrons. The van der Waals surface area contributed by atoms with Crippen LogP contribution in [0.2, 0.25) is 0 Å². The molecule has 4 rings (SSSR count). The average molecular weight is 440 g/mol. The second-order valence-electron chi connectivity index (χ2n) is 8.51. The lowest BCUT2D eigenvalue weighted by Gasteiger charge is -2.19. The molecule has 5 nitrogen and oxygen atoms in total. The summed E-state index contributed by atoms with van der Waals surface area (Å²) in [5, 5.41) is 7.26. The summed E-state index contributed by atoms with van der Waals surface area (Å²) in [5.41, 5.74) is 4.43. The van der Waals surface area contributed by atoms with Crippen LogP contribution in [0, 0.1) is 0 Å². The largest absolute Gasteiger partial charge is 0.349 e. The lowest BCUT2D eigenvalue weighted by atomic mass is 9.98. The molecule has 1 aromatic heterocycles. The molecule has 1 amide bonds. The number of aromatic nitrogens is 2. The van der Waals surface area contributed by atoms with Crippen LogP contribution in [-0.4, -0.2) is 16.0 Å².